The van der Waals surface area contributed by atoms with E-state index in [1.54, 1.807) is 48.5 Å². The number of anilines is 4. The summed E-state index contributed by atoms with van der Waals surface area (Å²) >= 11 is 0. The highest BCUT2D eigenvalue weighted by Crippen LogP contribution is 3.25. The monoisotopic (exact) mass is 1220 g/mol. The third-order valence-corrected chi connectivity index (χ3v) is 110. The number of halogens is 2. The summed E-state index contributed by atoms with van der Waals surface area (Å²) in [6.45, 7) is 7.83. The Kier molecular flexibility index (Phi) is 28.8. The van der Waals surface area contributed by atoms with Gasteiger partial charge in [-0.05, 0) is 134 Å². The van der Waals surface area contributed by atoms with Gasteiger partial charge in [0.15, 0.2) is 17.3 Å². The van der Waals surface area contributed by atoms with Gasteiger partial charge in [0, 0.05) is 16.9 Å². The summed E-state index contributed by atoms with van der Waals surface area (Å²) in [7, 11) is 29.0. The highest BCUT2D eigenvalue weighted by Gasteiger charge is 2.37. The largest absolute Gasteiger partial charge is 0.501 e. The summed E-state index contributed by atoms with van der Waals surface area (Å²) in [5.74, 6) is -0.563. The van der Waals surface area contributed by atoms with Crippen LogP contribution in [0.2, 0.25) is 0 Å². The summed E-state index contributed by atoms with van der Waals surface area (Å²) < 4.78 is 36.7. The Labute approximate surface area is 419 Å². The van der Waals surface area contributed by atoms with Gasteiger partial charge in [0.1, 0.15) is 41.6 Å². The fourth-order valence-corrected chi connectivity index (χ4v) is 194. The predicted molar refractivity (Wildman–Crippen MR) is 328 cm³/mol. The zero-order chi connectivity index (χ0) is 48.5. The van der Waals surface area contributed by atoms with E-state index in [2.05, 4.69) is 116 Å². The average Bonchev–Trinajstić information content (AvgIpc) is 3.28. The van der Waals surface area contributed by atoms with Crippen LogP contribution < -0.4 is 25.8 Å². The van der Waals surface area contributed by atoms with Gasteiger partial charge in [-0.1, -0.05) is 27.5 Å². The number of hydrogen-bond donors (Lipinski definition) is 6. The molecule has 0 radical (unpaired) electrons. The molecule has 2 aromatic heterocycles. The molecular formula is C35H48F2N9O4P17. The van der Waals surface area contributed by atoms with Gasteiger partial charge < -0.3 is 36.1 Å². The summed E-state index contributed by atoms with van der Waals surface area (Å²) in [5, 5.41) is 33.7. The highest BCUT2D eigenvalue weighted by atomic mass is 33.4. The van der Waals surface area contributed by atoms with Crippen LogP contribution in [0, 0.1) is 23.6 Å². The second kappa shape index (κ2) is 31.5. The average molecular weight is 1220 g/mol. The van der Waals surface area contributed by atoms with Gasteiger partial charge in [-0.3, -0.25) is 5.41 Å². The molecule has 4 aromatic carbocycles. The Hall–Kier alpha value is -0.0300. The number of benzene rings is 4. The van der Waals surface area contributed by atoms with Crippen molar-refractivity contribution in [2.75, 3.05) is 10.6 Å². The molecule has 0 aliphatic carbocycles. The van der Waals surface area contributed by atoms with Crippen LogP contribution in [-0.2, 0) is 0 Å². The lowest BCUT2D eigenvalue weighted by atomic mass is 10.2. The second-order valence-electron chi connectivity index (χ2n) is 12.2. The third-order valence-electron chi connectivity index (χ3n) is 7.63. The van der Waals surface area contributed by atoms with Crippen molar-refractivity contribution >= 4 is 172 Å². The first-order valence-electron chi connectivity index (χ1n) is 17.9. The zero-order valence-electron chi connectivity index (χ0n) is 34.0. The zero-order valence-corrected chi connectivity index (χ0v) is 51.7. The van der Waals surface area contributed by atoms with Crippen molar-refractivity contribution in [3.05, 3.63) is 138 Å². The maximum Gasteiger partial charge on any atom is 0.267 e. The first kappa shape index (κ1) is 61.3. The van der Waals surface area contributed by atoms with Crippen molar-refractivity contribution in [3.8, 4) is 34.8 Å². The van der Waals surface area contributed by atoms with Crippen LogP contribution in [0.3, 0.4) is 0 Å². The quantitative estimate of drug-likeness (QED) is 0.0234. The molecule has 356 valence electrons. The molecule has 0 aliphatic rings. The normalized spacial score (nSPS) is 11.8. The molecule has 0 aliphatic heterocycles. The van der Waals surface area contributed by atoms with Crippen LogP contribution in [0.5, 0.6) is 34.8 Å². The SMILES string of the molecule is C.N=C(N)c1ccc(Nc2ncnc(Oc3ccc(F)cc3)c2O)cc1.PPP(P(P)P)P(P(P)P)P(P(P)P)P(P)P.[C-]#[N+]c1ccc(Nc2ncnc(Oc3ccc(F)cc3)c2O)cc1. The smallest absolute Gasteiger partial charge is 0.267 e. The molecule has 7 N–H and O–H groups in total. The summed E-state index contributed by atoms with van der Waals surface area (Å²) in [5.41, 5.74) is 7.77. The Morgan fingerprint density at radius 2 is 1.01 bits per heavy atom. The highest BCUT2D eigenvalue weighted by molar-refractivity contribution is 9.31. The number of rotatable bonds is 16. The van der Waals surface area contributed by atoms with Crippen LogP contribution in [0.15, 0.2) is 110 Å². The number of nitrogen functional groups attached to an aromatic ring is 1. The summed E-state index contributed by atoms with van der Waals surface area (Å²) in [4.78, 5) is 19.0. The van der Waals surface area contributed by atoms with Gasteiger partial charge in [-0.25, -0.2) is 23.6 Å². The number of aromatic hydroxyl groups is 2. The van der Waals surface area contributed by atoms with Gasteiger partial charge in [-0.2, -0.15) is 9.97 Å². The molecule has 2 heterocycles. The van der Waals surface area contributed by atoms with E-state index in [1.165, 1.54) is 61.2 Å². The summed E-state index contributed by atoms with van der Waals surface area (Å²) in [6.07, 6.45) is 2.46. The first-order chi connectivity index (χ1) is 31.4. The Morgan fingerprint density at radius 3 is 1.34 bits per heavy atom. The number of amidine groups is 1. The minimum atomic E-state index is -0.393. The van der Waals surface area contributed by atoms with Gasteiger partial charge in [0.25, 0.3) is 11.8 Å². The Bertz CT molecular complexity index is 2520. The molecule has 12 atom stereocenters. The fourth-order valence-electron chi connectivity index (χ4n) is 4.69. The van der Waals surface area contributed by atoms with E-state index in [9.17, 15) is 19.0 Å². The van der Waals surface area contributed by atoms with E-state index >= 15 is 0 Å². The van der Waals surface area contributed by atoms with E-state index in [0.29, 0.717) is 34.1 Å². The Morgan fingerprint density at radius 1 is 0.627 bits per heavy atom. The van der Waals surface area contributed by atoms with E-state index in [4.69, 9.17) is 27.2 Å². The van der Waals surface area contributed by atoms with Crippen LogP contribution >= 0.6 is 137 Å². The minimum absolute atomic E-state index is 0. The van der Waals surface area contributed by atoms with E-state index in [1.807, 2.05) is 0 Å². The lowest BCUT2D eigenvalue weighted by Crippen LogP contribution is -2.10. The molecule has 0 saturated carbocycles. The van der Waals surface area contributed by atoms with E-state index in [-0.39, 0.29) is 103 Å². The maximum absolute atomic E-state index is 12.9. The third kappa shape index (κ3) is 20.1. The molecule has 0 spiro atoms. The van der Waals surface area contributed by atoms with Crippen molar-refractivity contribution in [2.45, 2.75) is 7.43 Å². The van der Waals surface area contributed by atoms with Crippen molar-refractivity contribution in [1.29, 1.82) is 5.41 Å². The number of aromatic nitrogens is 4. The molecule has 67 heavy (non-hydrogen) atoms. The van der Waals surface area contributed by atoms with Crippen LogP contribution in [0.25, 0.3) is 4.85 Å². The minimum Gasteiger partial charge on any atom is -0.501 e. The number of nitrogens with two attached hydrogens (primary N) is 1. The molecule has 0 fully saturated rings. The lowest BCUT2D eigenvalue weighted by Gasteiger charge is -2.41. The molecule has 13 nitrogen and oxygen atoms in total. The molecule has 32 heteroatoms. The lowest BCUT2D eigenvalue weighted by molar-refractivity contribution is 0.396. The van der Waals surface area contributed by atoms with E-state index < -0.39 is 5.82 Å². The number of hydrogen-bond acceptors (Lipinski definition) is 11. The predicted octanol–water partition coefficient (Wildman–Crippen LogP) is 17.7. The molecule has 0 amide bonds. The molecule has 0 bridgehead atoms. The van der Waals surface area contributed by atoms with Crippen molar-refractivity contribution in [3.63, 3.8) is 0 Å². The first-order valence-corrected chi connectivity index (χ1v) is 48.1. The molecule has 12 unspecified atom stereocenters. The van der Waals surface area contributed by atoms with Gasteiger partial charge >= 0.3 is 0 Å². The van der Waals surface area contributed by atoms with E-state index in [0.717, 1.165) is 7.96 Å². The number of nitrogens with zero attached hydrogens (tertiary/aromatic N) is 5. The Balaban J connectivity index is 0.000000270. The molecule has 6 rings (SSSR count). The van der Waals surface area contributed by atoms with Crippen molar-refractivity contribution < 1.29 is 28.5 Å². The second-order valence-corrected chi connectivity index (χ2v) is 76.6. The van der Waals surface area contributed by atoms with Gasteiger partial charge in [-0.15, -0.1) is 80.4 Å². The van der Waals surface area contributed by atoms with Gasteiger partial charge in [0.05, 0.1) is 6.57 Å². The summed E-state index contributed by atoms with van der Waals surface area (Å²) in [6, 6.07) is 24.0. The number of nitrogens with one attached hydrogen (secondary N) is 3. The molecule has 6 aromatic rings. The number of ether oxygens (including phenoxy) is 2. The van der Waals surface area contributed by atoms with Gasteiger partial charge in [0.2, 0.25) is 11.5 Å². The van der Waals surface area contributed by atoms with Crippen molar-refractivity contribution in [2.24, 2.45) is 5.73 Å². The van der Waals surface area contributed by atoms with Crippen LogP contribution in [-0.4, -0.2) is 36.0 Å². The molecule has 0 saturated heterocycles. The molecular weight excluding hydrogens is 1170 g/mol. The van der Waals surface area contributed by atoms with Crippen molar-refractivity contribution in [1.82, 2.24) is 19.9 Å². The maximum atomic E-state index is 12.9. The fraction of sp³-hybridized carbons (Fsp3) is 0.0286. The van der Waals surface area contributed by atoms with Crippen LogP contribution in [0.1, 0.15) is 13.0 Å². The standard InChI is InChI=1S/C17H14FN5O2.C17H11FN4O2.CH4.H19P17/c18-11-3-7-13(8-4-11)25-17-14(24)16(21-9-22-17)23-12-5-1-10(2-6-12)15(19)20;1-19-12-4-6-13(7-5-12)22-16-15(23)17(21-10-20-16)24-14-8-2-11(18)3-9-14;;1-10-15(11(2)3)17(14(8)9)16(12(4)5)13(6)7/h1-9,24H,(H3,19,20)(H,21,22,23);2-10,23H,(H,20,21,22);1H4;10H,1-9H2. The van der Waals surface area contributed by atoms with Crippen LogP contribution in [0.4, 0.5) is 37.5 Å². The topological polar surface area (TPSA) is 189 Å².